The van der Waals surface area contributed by atoms with Crippen LogP contribution in [0.25, 0.3) is 0 Å². The van der Waals surface area contributed by atoms with E-state index in [2.05, 4.69) is 15.4 Å². The number of benzene rings is 1. The van der Waals surface area contributed by atoms with E-state index in [1.165, 1.54) is 18.2 Å². The molecule has 1 fully saturated rings. The number of ether oxygens (including phenoxy) is 1. The number of carbonyl (C=O) groups is 1. The summed E-state index contributed by atoms with van der Waals surface area (Å²) in [7, 11) is 0. The normalized spacial score (nSPS) is 20.1. The fourth-order valence-corrected chi connectivity index (χ4v) is 2.29. The first-order chi connectivity index (χ1) is 9.85. The number of halogens is 3. The first-order valence-corrected chi connectivity index (χ1v) is 6.74. The van der Waals surface area contributed by atoms with E-state index in [9.17, 15) is 18.0 Å². The van der Waals surface area contributed by atoms with Crippen molar-refractivity contribution in [1.82, 2.24) is 10.6 Å². The number of hydrogen-bond donors (Lipinski definition) is 2. The second-order valence-electron chi connectivity index (χ2n) is 5.00. The van der Waals surface area contributed by atoms with Gasteiger partial charge in [-0.2, -0.15) is 0 Å². The fraction of sp³-hybridized carbons (Fsp3) is 0.500. The van der Waals surface area contributed by atoms with Crippen molar-refractivity contribution in [2.75, 3.05) is 6.54 Å². The van der Waals surface area contributed by atoms with E-state index in [-0.39, 0.29) is 17.7 Å². The lowest BCUT2D eigenvalue weighted by molar-refractivity contribution is -0.274. The van der Waals surface area contributed by atoms with Gasteiger partial charge in [0.05, 0.1) is 12.1 Å². The maximum absolute atomic E-state index is 12.2. The van der Waals surface area contributed by atoms with E-state index in [0.29, 0.717) is 5.56 Å². The van der Waals surface area contributed by atoms with Gasteiger partial charge in [-0.25, -0.2) is 0 Å². The predicted octanol–water partition coefficient (Wildman–Crippen LogP) is 2.51. The molecule has 0 aliphatic carbocycles. The van der Waals surface area contributed by atoms with Crippen molar-refractivity contribution in [2.24, 2.45) is 0 Å². The van der Waals surface area contributed by atoms with Crippen molar-refractivity contribution in [1.29, 1.82) is 0 Å². The monoisotopic (exact) mass is 302 g/mol. The molecule has 2 N–H and O–H groups in total. The molecule has 1 saturated heterocycles. The van der Waals surface area contributed by atoms with Crippen molar-refractivity contribution < 1.29 is 22.7 Å². The Balaban J connectivity index is 2.00. The molecule has 0 radical (unpaired) electrons. The highest BCUT2D eigenvalue weighted by atomic mass is 19.4. The van der Waals surface area contributed by atoms with Gasteiger partial charge in [0, 0.05) is 0 Å². The lowest BCUT2D eigenvalue weighted by atomic mass is 10.1. The van der Waals surface area contributed by atoms with Gasteiger partial charge in [0.25, 0.3) is 0 Å². The summed E-state index contributed by atoms with van der Waals surface area (Å²) in [6.45, 7) is 2.53. The smallest absolute Gasteiger partial charge is 0.406 e. The van der Waals surface area contributed by atoms with Gasteiger partial charge in [0.15, 0.2) is 0 Å². The zero-order chi connectivity index (χ0) is 15.5. The topological polar surface area (TPSA) is 50.4 Å². The summed E-state index contributed by atoms with van der Waals surface area (Å²) in [5, 5.41) is 5.86. The highest BCUT2D eigenvalue weighted by Gasteiger charge is 2.31. The Bertz CT molecular complexity index is 499. The molecule has 0 spiro atoms. The number of hydrogen-bond acceptors (Lipinski definition) is 3. The quantitative estimate of drug-likeness (QED) is 0.898. The molecule has 1 aromatic rings. The van der Waals surface area contributed by atoms with E-state index in [1.807, 2.05) is 0 Å². The minimum absolute atomic E-state index is 0.137. The summed E-state index contributed by atoms with van der Waals surface area (Å²) < 4.78 is 40.4. The Hall–Kier alpha value is -1.76. The van der Waals surface area contributed by atoms with Crippen molar-refractivity contribution in [3.63, 3.8) is 0 Å². The van der Waals surface area contributed by atoms with Gasteiger partial charge in [-0.3, -0.25) is 4.79 Å². The second kappa shape index (κ2) is 6.34. The Kier molecular flexibility index (Phi) is 4.72. The van der Waals surface area contributed by atoms with Gasteiger partial charge in [-0.15, -0.1) is 13.2 Å². The molecule has 116 valence electrons. The zero-order valence-corrected chi connectivity index (χ0v) is 11.5. The molecule has 1 aliphatic heterocycles. The van der Waals surface area contributed by atoms with Crippen molar-refractivity contribution in [3.05, 3.63) is 29.8 Å². The van der Waals surface area contributed by atoms with Crippen LogP contribution in [0.3, 0.4) is 0 Å². The number of carbonyl (C=O) groups excluding carboxylic acids is 1. The van der Waals surface area contributed by atoms with E-state index in [1.54, 1.807) is 13.0 Å². The van der Waals surface area contributed by atoms with E-state index in [0.717, 1.165) is 19.4 Å². The Morgan fingerprint density at radius 2 is 2.24 bits per heavy atom. The minimum Gasteiger partial charge on any atom is -0.406 e. The molecular formula is C14H17F3N2O2. The molecule has 1 aliphatic rings. The Labute approximate surface area is 120 Å². The van der Waals surface area contributed by atoms with Crippen LogP contribution in [0.5, 0.6) is 5.75 Å². The van der Waals surface area contributed by atoms with Gasteiger partial charge in [0.1, 0.15) is 5.75 Å². The lowest BCUT2D eigenvalue weighted by Crippen LogP contribution is -2.41. The minimum atomic E-state index is -4.72. The number of alkyl halides is 3. The second-order valence-corrected chi connectivity index (χ2v) is 5.00. The SMILES string of the molecule is CC(NC(=O)C1CCCN1)c1cccc(OC(F)(F)F)c1. The van der Waals surface area contributed by atoms with Gasteiger partial charge >= 0.3 is 6.36 Å². The first-order valence-electron chi connectivity index (χ1n) is 6.74. The highest BCUT2D eigenvalue weighted by molar-refractivity contribution is 5.82. The van der Waals surface area contributed by atoms with Gasteiger partial charge < -0.3 is 15.4 Å². The largest absolute Gasteiger partial charge is 0.573 e. The van der Waals surface area contributed by atoms with Crippen LogP contribution in [0, 0.1) is 0 Å². The first kappa shape index (κ1) is 15.6. The molecular weight excluding hydrogens is 285 g/mol. The van der Waals surface area contributed by atoms with Gasteiger partial charge in [0.2, 0.25) is 5.91 Å². The molecule has 1 amide bonds. The average Bonchev–Trinajstić information content (AvgIpc) is 2.90. The molecule has 1 aromatic carbocycles. The Morgan fingerprint density at radius 1 is 1.48 bits per heavy atom. The molecule has 7 heteroatoms. The van der Waals surface area contributed by atoms with Crippen molar-refractivity contribution >= 4 is 5.91 Å². The van der Waals surface area contributed by atoms with Crippen LogP contribution in [0.15, 0.2) is 24.3 Å². The highest BCUT2D eigenvalue weighted by Crippen LogP contribution is 2.25. The molecule has 21 heavy (non-hydrogen) atoms. The molecule has 4 nitrogen and oxygen atoms in total. The summed E-state index contributed by atoms with van der Waals surface area (Å²) in [6, 6.07) is 5.01. The maximum atomic E-state index is 12.2. The standard InChI is InChI=1S/C14H17F3N2O2/c1-9(19-13(20)12-6-3-7-18-12)10-4-2-5-11(8-10)21-14(15,16)17/h2,4-5,8-9,12,18H,3,6-7H2,1H3,(H,19,20). The molecule has 2 atom stereocenters. The molecule has 2 rings (SSSR count). The van der Waals surface area contributed by atoms with Crippen LogP contribution in [0.1, 0.15) is 31.4 Å². The number of amides is 1. The predicted molar refractivity (Wildman–Crippen MR) is 70.7 cm³/mol. The molecule has 0 aromatic heterocycles. The summed E-state index contributed by atoms with van der Waals surface area (Å²) >= 11 is 0. The van der Waals surface area contributed by atoms with Gasteiger partial charge in [-0.05, 0) is 44.0 Å². The summed E-state index contributed by atoms with van der Waals surface area (Å²) in [4.78, 5) is 12.0. The van der Waals surface area contributed by atoms with Crippen LogP contribution < -0.4 is 15.4 Å². The third-order valence-corrected chi connectivity index (χ3v) is 3.33. The zero-order valence-electron chi connectivity index (χ0n) is 11.5. The van der Waals surface area contributed by atoms with E-state index >= 15 is 0 Å². The number of rotatable bonds is 4. The molecule has 1 heterocycles. The van der Waals surface area contributed by atoms with Crippen LogP contribution in [0.4, 0.5) is 13.2 Å². The van der Waals surface area contributed by atoms with Crippen LogP contribution >= 0.6 is 0 Å². The maximum Gasteiger partial charge on any atom is 0.573 e. The summed E-state index contributed by atoms with van der Waals surface area (Å²) in [5.41, 5.74) is 0.558. The summed E-state index contributed by atoms with van der Waals surface area (Å²) in [5.74, 6) is -0.428. The summed E-state index contributed by atoms with van der Waals surface area (Å²) in [6.07, 6.45) is -3.00. The van der Waals surface area contributed by atoms with E-state index in [4.69, 9.17) is 0 Å². The lowest BCUT2D eigenvalue weighted by Gasteiger charge is -2.18. The van der Waals surface area contributed by atoms with Crippen LogP contribution in [-0.4, -0.2) is 24.9 Å². The van der Waals surface area contributed by atoms with Crippen LogP contribution in [-0.2, 0) is 4.79 Å². The molecule has 2 unspecified atom stereocenters. The fourth-order valence-electron chi connectivity index (χ4n) is 2.29. The van der Waals surface area contributed by atoms with Crippen molar-refractivity contribution in [2.45, 2.75) is 38.2 Å². The van der Waals surface area contributed by atoms with Crippen LogP contribution in [0.2, 0.25) is 0 Å². The molecule has 0 saturated carbocycles. The Morgan fingerprint density at radius 3 is 2.86 bits per heavy atom. The molecule has 0 bridgehead atoms. The average molecular weight is 302 g/mol. The van der Waals surface area contributed by atoms with E-state index < -0.39 is 12.4 Å². The number of nitrogens with one attached hydrogen (secondary N) is 2. The van der Waals surface area contributed by atoms with Gasteiger partial charge in [-0.1, -0.05) is 12.1 Å². The third kappa shape index (κ3) is 4.63. The third-order valence-electron chi connectivity index (χ3n) is 3.33. The van der Waals surface area contributed by atoms with Crippen molar-refractivity contribution in [3.8, 4) is 5.75 Å².